The van der Waals surface area contributed by atoms with Gasteiger partial charge in [-0.15, -0.1) is 0 Å². The van der Waals surface area contributed by atoms with E-state index in [2.05, 4.69) is 26.2 Å². The third-order valence-electron chi connectivity index (χ3n) is 4.57. The van der Waals surface area contributed by atoms with Crippen molar-refractivity contribution in [1.29, 1.82) is 0 Å². The highest BCUT2D eigenvalue weighted by Crippen LogP contribution is 2.30. The predicted molar refractivity (Wildman–Crippen MR) is 120 cm³/mol. The summed E-state index contributed by atoms with van der Waals surface area (Å²) in [5.41, 5.74) is 2.19. The number of aromatic nitrogens is 1. The number of ether oxygens (including phenoxy) is 2. The average molecular weight is 505 g/mol. The standard InChI is InChI=1S/C22H21BrN2O5S/c1-14-11-18(22(26)30-3)20(19(23)12-14)25-13-15-5-4-10-24-21(15)31(27,28)17-8-6-16(29-2)7-9-17/h4-12,25H,13H2,1-3H3. The van der Waals surface area contributed by atoms with Crippen LogP contribution in [0.2, 0.25) is 0 Å². The van der Waals surface area contributed by atoms with Crippen molar-refractivity contribution >= 4 is 37.4 Å². The summed E-state index contributed by atoms with van der Waals surface area (Å²) in [5.74, 6) is 0.0607. The summed E-state index contributed by atoms with van der Waals surface area (Å²) in [6.45, 7) is 1.99. The van der Waals surface area contributed by atoms with E-state index in [0.717, 1.165) is 5.56 Å². The fourth-order valence-corrected chi connectivity index (χ4v) is 5.16. The van der Waals surface area contributed by atoms with Crippen molar-refractivity contribution in [2.45, 2.75) is 23.4 Å². The molecule has 0 unspecified atom stereocenters. The van der Waals surface area contributed by atoms with E-state index in [1.165, 1.54) is 32.5 Å². The molecule has 0 atom stereocenters. The van der Waals surface area contributed by atoms with Crippen molar-refractivity contribution in [1.82, 2.24) is 4.98 Å². The Morgan fingerprint density at radius 2 is 1.84 bits per heavy atom. The van der Waals surface area contributed by atoms with Gasteiger partial charge in [0.2, 0.25) is 9.84 Å². The number of carbonyl (C=O) groups excluding carboxylic acids is 1. The van der Waals surface area contributed by atoms with Crippen LogP contribution in [0.15, 0.2) is 69.1 Å². The fourth-order valence-electron chi connectivity index (χ4n) is 3.04. The van der Waals surface area contributed by atoms with Gasteiger partial charge in [0.05, 0.1) is 30.4 Å². The first-order chi connectivity index (χ1) is 14.8. The lowest BCUT2D eigenvalue weighted by Crippen LogP contribution is -2.13. The number of esters is 1. The van der Waals surface area contributed by atoms with E-state index >= 15 is 0 Å². The molecule has 7 nitrogen and oxygen atoms in total. The zero-order valence-corrected chi connectivity index (χ0v) is 19.6. The van der Waals surface area contributed by atoms with Gasteiger partial charge in [-0.05, 0) is 70.9 Å². The molecule has 0 bridgehead atoms. The summed E-state index contributed by atoms with van der Waals surface area (Å²) in [4.78, 5) is 16.5. The molecule has 0 saturated heterocycles. The molecule has 2 aromatic carbocycles. The zero-order chi connectivity index (χ0) is 22.6. The topological polar surface area (TPSA) is 94.6 Å². The summed E-state index contributed by atoms with van der Waals surface area (Å²) < 4.78 is 37.0. The van der Waals surface area contributed by atoms with Gasteiger partial charge in [0.25, 0.3) is 0 Å². The van der Waals surface area contributed by atoms with E-state index in [1.54, 1.807) is 30.3 Å². The number of carbonyl (C=O) groups is 1. The van der Waals surface area contributed by atoms with E-state index < -0.39 is 15.8 Å². The molecule has 0 spiro atoms. The van der Waals surface area contributed by atoms with Gasteiger partial charge in [-0.2, -0.15) is 0 Å². The minimum absolute atomic E-state index is 0.0597. The number of nitrogens with zero attached hydrogens (tertiary/aromatic N) is 1. The molecule has 1 heterocycles. The number of aryl methyl sites for hydroxylation is 1. The molecule has 9 heteroatoms. The van der Waals surface area contributed by atoms with Crippen LogP contribution in [0.3, 0.4) is 0 Å². The van der Waals surface area contributed by atoms with Crippen LogP contribution in [0.5, 0.6) is 5.75 Å². The predicted octanol–water partition coefficient (Wildman–Crippen LogP) is 4.39. The first-order valence-corrected chi connectivity index (χ1v) is 11.5. The molecular formula is C22H21BrN2O5S. The number of halogens is 1. The fraction of sp³-hybridized carbons (Fsp3) is 0.182. The SMILES string of the molecule is COC(=O)c1cc(C)cc(Br)c1NCc1cccnc1S(=O)(=O)c1ccc(OC)cc1. The van der Waals surface area contributed by atoms with Crippen molar-refractivity contribution in [3.05, 3.63) is 75.9 Å². The molecule has 0 saturated carbocycles. The van der Waals surface area contributed by atoms with Crippen LogP contribution in [0.1, 0.15) is 21.5 Å². The van der Waals surface area contributed by atoms with E-state index in [4.69, 9.17) is 9.47 Å². The van der Waals surface area contributed by atoms with Crippen molar-refractivity contribution in [3.63, 3.8) is 0 Å². The molecule has 0 amide bonds. The number of pyridine rings is 1. The number of hydrogen-bond donors (Lipinski definition) is 1. The van der Waals surface area contributed by atoms with Crippen LogP contribution >= 0.6 is 15.9 Å². The van der Waals surface area contributed by atoms with Crippen LogP contribution in [-0.2, 0) is 21.1 Å². The largest absolute Gasteiger partial charge is 0.497 e. The number of sulfone groups is 1. The highest BCUT2D eigenvalue weighted by atomic mass is 79.9. The zero-order valence-electron chi connectivity index (χ0n) is 17.2. The molecule has 0 aliphatic carbocycles. The first-order valence-electron chi connectivity index (χ1n) is 9.23. The highest BCUT2D eigenvalue weighted by molar-refractivity contribution is 9.10. The Balaban J connectivity index is 1.96. The number of rotatable bonds is 7. The van der Waals surface area contributed by atoms with Gasteiger partial charge in [0, 0.05) is 22.8 Å². The molecule has 3 aromatic rings. The molecule has 3 rings (SSSR count). The van der Waals surface area contributed by atoms with E-state index in [9.17, 15) is 13.2 Å². The number of methoxy groups -OCH3 is 2. The van der Waals surface area contributed by atoms with Gasteiger partial charge in [-0.25, -0.2) is 18.2 Å². The Kier molecular flexibility index (Phi) is 6.97. The van der Waals surface area contributed by atoms with E-state index in [-0.39, 0.29) is 16.5 Å². The maximum absolute atomic E-state index is 13.2. The van der Waals surface area contributed by atoms with Crippen molar-refractivity contribution in [2.24, 2.45) is 0 Å². The Morgan fingerprint density at radius 3 is 2.48 bits per heavy atom. The van der Waals surface area contributed by atoms with Gasteiger partial charge >= 0.3 is 5.97 Å². The van der Waals surface area contributed by atoms with Crippen LogP contribution in [0.25, 0.3) is 0 Å². The quantitative estimate of drug-likeness (QED) is 0.476. The summed E-state index contributed by atoms with van der Waals surface area (Å²) >= 11 is 3.46. The lowest BCUT2D eigenvalue weighted by molar-refractivity contribution is 0.0601. The van der Waals surface area contributed by atoms with Crippen LogP contribution < -0.4 is 10.1 Å². The molecular weight excluding hydrogens is 484 g/mol. The normalized spacial score (nSPS) is 11.1. The second kappa shape index (κ2) is 9.49. The molecule has 1 aromatic heterocycles. The van der Waals surface area contributed by atoms with Gasteiger partial charge in [-0.1, -0.05) is 6.07 Å². The van der Waals surface area contributed by atoms with Gasteiger partial charge in [0.1, 0.15) is 5.75 Å². The van der Waals surface area contributed by atoms with Gasteiger partial charge < -0.3 is 14.8 Å². The maximum Gasteiger partial charge on any atom is 0.340 e. The Hall–Kier alpha value is -2.91. The molecule has 162 valence electrons. The molecule has 0 radical (unpaired) electrons. The molecule has 31 heavy (non-hydrogen) atoms. The molecule has 1 N–H and O–H groups in total. The van der Waals surface area contributed by atoms with Crippen LogP contribution in [0, 0.1) is 6.92 Å². The lowest BCUT2D eigenvalue weighted by Gasteiger charge is -2.15. The first kappa shape index (κ1) is 22.8. The highest BCUT2D eigenvalue weighted by Gasteiger charge is 2.23. The molecule has 0 fully saturated rings. The number of nitrogens with one attached hydrogen (secondary N) is 1. The van der Waals surface area contributed by atoms with Gasteiger partial charge in [0.15, 0.2) is 5.03 Å². The van der Waals surface area contributed by atoms with Crippen LogP contribution in [-0.4, -0.2) is 33.6 Å². The molecule has 0 aliphatic rings. The third-order valence-corrected chi connectivity index (χ3v) is 6.96. The summed E-state index contributed by atoms with van der Waals surface area (Å²) in [6, 6.07) is 13.0. The number of anilines is 1. The van der Waals surface area contributed by atoms with E-state index in [0.29, 0.717) is 27.0 Å². The number of benzene rings is 2. The minimum atomic E-state index is -3.86. The third kappa shape index (κ3) is 4.88. The monoisotopic (exact) mass is 504 g/mol. The maximum atomic E-state index is 13.2. The number of hydrogen-bond acceptors (Lipinski definition) is 7. The second-order valence-corrected chi connectivity index (χ2v) is 9.38. The van der Waals surface area contributed by atoms with Gasteiger partial charge in [-0.3, -0.25) is 0 Å². The Morgan fingerprint density at radius 1 is 1.13 bits per heavy atom. The Bertz CT molecular complexity index is 1210. The van der Waals surface area contributed by atoms with Crippen molar-refractivity contribution in [2.75, 3.05) is 19.5 Å². The summed E-state index contributed by atoms with van der Waals surface area (Å²) in [6.07, 6.45) is 1.43. The second-order valence-electron chi connectivity index (χ2n) is 6.66. The molecule has 0 aliphatic heterocycles. The minimum Gasteiger partial charge on any atom is -0.497 e. The lowest BCUT2D eigenvalue weighted by atomic mass is 10.1. The van der Waals surface area contributed by atoms with Crippen molar-refractivity contribution in [3.8, 4) is 5.75 Å². The smallest absolute Gasteiger partial charge is 0.340 e. The Labute approximate surface area is 189 Å². The van der Waals surface area contributed by atoms with E-state index in [1.807, 2.05) is 13.0 Å². The van der Waals surface area contributed by atoms with Crippen LogP contribution in [0.4, 0.5) is 5.69 Å². The average Bonchev–Trinajstić information content (AvgIpc) is 2.77. The summed E-state index contributed by atoms with van der Waals surface area (Å²) in [7, 11) is -1.04. The van der Waals surface area contributed by atoms with Crippen molar-refractivity contribution < 1.29 is 22.7 Å². The summed E-state index contributed by atoms with van der Waals surface area (Å²) in [5, 5.41) is 3.09.